The van der Waals surface area contributed by atoms with Crippen LogP contribution in [0.3, 0.4) is 0 Å². The second-order valence-corrected chi connectivity index (χ2v) is 6.28. The highest BCUT2D eigenvalue weighted by atomic mass is 16.2. The van der Waals surface area contributed by atoms with Gasteiger partial charge in [-0.15, -0.1) is 0 Å². The normalized spacial score (nSPS) is 14.5. The molecule has 132 valence electrons. The minimum Gasteiger partial charge on any atom is -0.370 e. The summed E-state index contributed by atoms with van der Waals surface area (Å²) in [5.74, 6) is 2.65. The SMILES string of the molecule is CCNc1cc(N2CCN(C(=O)c3ccccc3C)CC2)nc(C)n1. The smallest absolute Gasteiger partial charge is 0.254 e. The van der Waals surface area contributed by atoms with Crippen LogP contribution in [-0.4, -0.2) is 53.5 Å². The maximum Gasteiger partial charge on any atom is 0.254 e. The van der Waals surface area contributed by atoms with Crippen molar-refractivity contribution < 1.29 is 4.79 Å². The van der Waals surface area contributed by atoms with Gasteiger partial charge in [0, 0.05) is 44.4 Å². The molecule has 1 aliphatic rings. The Balaban J connectivity index is 1.68. The third kappa shape index (κ3) is 3.90. The Kier molecular flexibility index (Phi) is 5.16. The van der Waals surface area contributed by atoms with Crippen molar-refractivity contribution >= 4 is 17.5 Å². The summed E-state index contributed by atoms with van der Waals surface area (Å²) in [6.45, 7) is 9.72. The highest BCUT2D eigenvalue weighted by molar-refractivity contribution is 5.95. The average molecular weight is 339 g/mol. The molecule has 0 unspecified atom stereocenters. The van der Waals surface area contributed by atoms with Crippen molar-refractivity contribution in [3.63, 3.8) is 0 Å². The molecule has 1 N–H and O–H groups in total. The third-order valence-corrected chi connectivity index (χ3v) is 4.45. The number of benzene rings is 1. The van der Waals surface area contributed by atoms with Crippen molar-refractivity contribution in [2.45, 2.75) is 20.8 Å². The van der Waals surface area contributed by atoms with E-state index in [0.29, 0.717) is 13.1 Å². The predicted octanol–water partition coefficient (Wildman–Crippen LogP) is 2.49. The van der Waals surface area contributed by atoms with Crippen LogP contribution in [0.15, 0.2) is 30.3 Å². The van der Waals surface area contributed by atoms with Gasteiger partial charge in [-0.05, 0) is 32.4 Å². The summed E-state index contributed by atoms with van der Waals surface area (Å²) in [5.41, 5.74) is 1.82. The summed E-state index contributed by atoms with van der Waals surface area (Å²) in [6.07, 6.45) is 0. The number of amides is 1. The average Bonchev–Trinajstić information content (AvgIpc) is 2.61. The van der Waals surface area contributed by atoms with Crippen LogP contribution in [0.1, 0.15) is 28.7 Å². The Morgan fingerprint density at radius 2 is 1.84 bits per heavy atom. The third-order valence-electron chi connectivity index (χ3n) is 4.45. The van der Waals surface area contributed by atoms with E-state index in [4.69, 9.17) is 0 Å². The van der Waals surface area contributed by atoms with E-state index in [0.717, 1.165) is 48.2 Å². The molecule has 0 spiro atoms. The molecule has 1 aliphatic heterocycles. The van der Waals surface area contributed by atoms with Gasteiger partial charge in [0.25, 0.3) is 5.91 Å². The molecule has 2 aromatic rings. The number of carbonyl (C=O) groups excluding carboxylic acids is 1. The molecule has 3 rings (SSSR count). The summed E-state index contributed by atoms with van der Waals surface area (Å²) in [5, 5.41) is 3.24. The van der Waals surface area contributed by atoms with Gasteiger partial charge in [-0.1, -0.05) is 18.2 Å². The highest BCUT2D eigenvalue weighted by Gasteiger charge is 2.24. The lowest BCUT2D eigenvalue weighted by Gasteiger charge is -2.35. The minimum atomic E-state index is 0.116. The maximum absolute atomic E-state index is 12.7. The van der Waals surface area contributed by atoms with E-state index in [-0.39, 0.29) is 5.91 Å². The zero-order chi connectivity index (χ0) is 17.8. The Hall–Kier alpha value is -2.63. The van der Waals surface area contributed by atoms with Crippen LogP contribution >= 0.6 is 0 Å². The molecular formula is C19H25N5O. The minimum absolute atomic E-state index is 0.116. The molecule has 1 aromatic heterocycles. The number of aryl methyl sites for hydroxylation is 2. The molecule has 0 saturated carbocycles. The van der Waals surface area contributed by atoms with E-state index in [1.165, 1.54) is 0 Å². The molecule has 2 heterocycles. The van der Waals surface area contributed by atoms with Crippen molar-refractivity contribution in [3.05, 3.63) is 47.3 Å². The van der Waals surface area contributed by atoms with Gasteiger partial charge >= 0.3 is 0 Å². The highest BCUT2D eigenvalue weighted by Crippen LogP contribution is 2.19. The molecule has 0 aliphatic carbocycles. The largest absolute Gasteiger partial charge is 0.370 e. The number of nitrogens with one attached hydrogen (secondary N) is 1. The Labute approximate surface area is 148 Å². The first-order valence-electron chi connectivity index (χ1n) is 8.78. The lowest BCUT2D eigenvalue weighted by atomic mass is 10.1. The quantitative estimate of drug-likeness (QED) is 0.927. The van der Waals surface area contributed by atoms with Crippen LogP contribution in [0.2, 0.25) is 0 Å². The zero-order valence-corrected chi connectivity index (χ0v) is 15.1. The number of hydrogen-bond donors (Lipinski definition) is 1. The molecule has 1 aromatic carbocycles. The van der Waals surface area contributed by atoms with E-state index in [1.807, 2.05) is 56.0 Å². The van der Waals surface area contributed by atoms with Crippen LogP contribution in [0, 0.1) is 13.8 Å². The van der Waals surface area contributed by atoms with Gasteiger partial charge in [0.2, 0.25) is 0 Å². The number of anilines is 2. The van der Waals surface area contributed by atoms with Gasteiger partial charge in [-0.3, -0.25) is 4.79 Å². The Bertz CT molecular complexity index is 753. The molecular weight excluding hydrogens is 314 g/mol. The van der Waals surface area contributed by atoms with Gasteiger partial charge in [0.15, 0.2) is 0 Å². The van der Waals surface area contributed by atoms with E-state index in [1.54, 1.807) is 0 Å². The fraction of sp³-hybridized carbons (Fsp3) is 0.421. The van der Waals surface area contributed by atoms with Gasteiger partial charge in [0.05, 0.1) is 0 Å². The van der Waals surface area contributed by atoms with Crippen molar-refractivity contribution in [2.75, 3.05) is 42.9 Å². The second-order valence-electron chi connectivity index (χ2n) is 6.28. The van der Waals surface area contributed by atoms with E-state index >= 15 is 0 Å². The van der Waals surface area contributed by atoms with E-state index in [2.05, 4.69) is 20.2 Å². The van der Waals surface area contributed by atoms with E-state index < -0.39 is 0 Å². The fourth-order valence-electron chi connectivity index (χ4n) is 3.11. The number of carbonyl (C=O) groups is 1. The van der Waals surface area contributed by atoms with Crippen molar-refractivity contribution in [1.82, 2.24) is 14.9 Å². The van der Waals surface area contributed by atoms with Gasteiger partial charge in [-0.25, -0.2) is 9.97 Å². The predicted molar refractivity (Wildman–Crippen MR) is 100 cm³/mol. The number of nitrogens with zero attached hydrogens (tertiary/aromatic N) is 4. The molecule has 1 saturated heterocycles. The first-order valence-corrected chi connectivity index (χ1v) is 8.78. The molecule has 6 heteroatoms. The van der Waals surface area contributed by atoms with Gasteiger partial charge in [0.1, 0.15) is 17.5 Å². The number of aromatic nitrogens is 2. The topological polar surface area (TPSA) is 61.4 Å². The maximum atomic E-state index is 12.7. The van der Waals surface area contributed by atoms with Gasteiger partial charge < -0.3 is 15.1 Å². The number of piperazine rings is 1. The summed E-state index contributed by atoms with van der Waals surface area (Å²) < 4.78 is 0. The first kappa shape index (κ1) is 17.2. The van der Waals surface area contributed by atoms with E-state index in [9.17, 15) is 4.79 Å². The monoisotopic (exact) mass is 339 g/mol. The summed E-state index contributed by atoms with van der Waals surface area (Å²) in [7, 11) is 0. The number of hydrogen-bond acceptors (Lipinski definition) is 5. The lowest BCUT2D eigenvalue weighted by Crippen LogP contribution is -2.49. The van der Waals surface area contributed by atoms with Crippen LogP contribution in [0.4, 0.5) is 11.6 Å². The van der Waals surface area contributed by atoms with Gasteiger partial charge in [-0.2, -0.15) is 0 Å². The summed E-state index contributed by atoms with van der Waals surface area (Å²) >= 11 is 0. The number of rotatable bonds is 4. The zero-order valence-electron chi connectivity index (χ0n) is 15.1. The van der Waals surface area contributed by atoms with Crippen LogP contribution in [-0.2, 0) is 0 Å². The van der Waals surface area contributed by atoms with Crippen molar-refractivity contribution in [3.8, 4) is 0 Å². The summed E-state index contributed by atoms with van der Waals surface area (Å²) in [6, 6.07) is 9.75. The molecule has 0 atom stereocenters. The molecule has 6 nitrogen and oxygen atoms in total. The molecule has 25 heavy (non-hydrogen) atoms. The van der Waals surface area contributed by atoms with Crippen LogP contribution in [0.5, 0.6) is 0 Å². The first-order chi connectivity index (χ1) is 12.1. The van der Waals surface area contributed by atoms with Crippen LogP contribution < -0.4 is 10.2 Å². The Morgan fingerprint density at radius 1 is 1.12 bits per heavy atom. The molecule has 0 radical (unpaired) electrons. The van der Waals surface area contributed by atoms with Crippen molar-refractivity contribution in [2.24, 2.45) is 0 Å². The lowest BCUT2D eigenvalue weighted by molar-refractivity contribution is 0.0745. The molecule has 0 bridgehead atoms. The van der Waals surface area contributed by atoms with Crippen LogP contribution in [0.25, 0.3) is 0 Å². The fourth-order valence-corrected chi connectivity index (χ4v) is 3.11. The standard InChI is InChI=1S/C19H25N5O/c1-4-20-17-13-18(22-15(3)21-17)23-9-11-24(12-10-23)19(25)16-8-6-5-7-14(16)2/h5-8,13H,4,9-12H2,1-3H3,(H,20,21,22). The van der Waals surface area contributed by atoms with Crippen molar-refractivity contribution in [1.29, 1.82) is 0 Å². The Morgan fingerprint density at radius 3 is 2.52 bits per heavy atom. The molecule has 1 amide bonds. The molecule has 1 fully saturated rings. The second kappa shape index (κ2) is 7.51. The summed E-state index contributed by atoms with van der Waals surface area (Å²) in [4.78, 5) is 25.8.